The van der Waals surface area contributed by atoms with Gasteiger partial charge in [0.25, 0.3) is 0 Å². The summed E-state index contributed by atoms with van der Waals surface area (Å²) in [6, 6.07) is 3.94. The fraction of sp³-hybridized carbons (Fsp3) is 0.533. The maximum atomic E-state index is 5.34. The van der Waals surface area contributed by atoms with Crippen LogP contribution in [0.25, 0.3) is 0 Å². The van der Waals surface area contributed by atoms with Gasteiger partial charge in [-0.05, 0) is 47.0 Å². The van der Waals surface area contributed by atoms with E-state index in [0.717, 1.165) is 35.5 Å². The quantitative estimate of drug-likeness (QED) is 0.352. The number of nitrogens with zero attached hydrogens (tertiary/aromatic N) is 1. The third-order valence-electron chi connectivity index (χ3n) is 2.80. The molecule has 0 aliphatic carbocycles. The average molecular weight is 486 g/mol. The SMILES string of the molecule is CCCNC(=NCc1cc(Br)c(OC)c(OC)c1)NCC.I. The number of benzene rings is 1. The van der Waals surface area contributed by atoms with Crippen LogP contribution in [-0.2, 0) is 6.54 Å². The van der Waals surface area contributed by atoms with Crippen LogP contribution in [0.2, 0.25) is 0 Å². The zero-order valence-corrected chi connectivity index (χ0v) is 17.4. The maximum Gasteiger partial charge on any atom is 0.191 e. The Morgan fingerprint density at radius 1 is 1.18 bits per heavy atom. The summed E-state index contributed by atoms with van der Waals surface area (Å²) in [7, 11) is 3.25. The summed E-state index contributed by atoms with van der Waals surface area (Å²) in [5, 5.41) is 6.50. The molecule has 2 N–H and O–H groups in total. The van der Waals surface area contributed by atoms with Gasteiger partial charge in [0.05, 0.1) is 25.2 Å². The van der Waals surface area contributed by atoms with Crippen molar-refractivity contribution >= 4 is 45.9 Å². The van der Waals surface area contributed by atoms with Crippen molar-refractivity contribution in [3.63, 3.8) is 0 Å². The first-order valence-corrected chi connectivity index (χ1v) is 7.88. The highest BCUT2D eigenvalue weighted by molar-refractivity contribution is 14.0. The molecule has 0 aromatic heterocycles. The van der Waals surface area contributed by atoms with E-state index in [4.69, 9.17) is 9.47 Å². The van der Waals surface area contributed by atoms with E-state index in [-0.39, 0.29) is 24.0 Å². The number of halogens is 2. The number of methoxy groups -OCH3 is 2. The van der Waals surface area contributed by atoms with E-state index in [2.05, 4.69) is 45.4 Å². The zero-order valence-electron chi connectivity index (χ0n) is 13.5. The topological polar surface area (TPSA) is 54.9 Å². The molecule has 0 heterocycles. The van der Waals surface area contributed by atoms with Gasteiger partial charge in [0.1, 0.15) is 0 Å². The minimum atomic E-state index is 0. The largest absolute Gasteiger partial charge is 0.493 e. The summed E-state index contributed by atoms with van der Waals surface area (Å²) < 4.78 is 11.5. The number of aliphatic imine (C=N–C) groups is 1. The Labute approximate surface area is 158 Å². The van der Waals surface area contributed by atoms with Crippen LogP contribution in [0, 0.1) is 0 Å². The Kier molecular flexibility index (Phi) is 11.4. The molecule has 0 bridgehead atoms. The second-order valence-electron chi connectivity index (χ2n) is 4.44. The van der Waals surface area contributed by atoms with E-state index in [9.17, 15) is 0 Å². The van der Waals surface area contributed by atoms with Crippen molar-refractivity contribution in [1.82, 2.24) is 10.6 Å². The molecule has 5 nitrogen and oxygen atoms in total. The molecule has 0 saturated heterocycles. The van der Waals surface area contributed by atoms with Crippen LogP contribution in [0.4, 0.5) is 0 Å². The van der Waals surface area contributed by atoms with Crippen LogP contribution >= 0.6 is 39.9 Å². The van der Waals surface area contributed by atoms with Crippen molar-refractivity contribution in [3.8, 4) is 11.5 Å². The predicted octanol–water partition coefficient (Wildman–Crippen LogP) is 3.55. The van der Waals surface area contributed by atoms with E-state index in [1.54, 1.807) is 14.2 Å². The van der Waals surface area contributed by atoms with Crippen molar-refractivity contribution in [2.24, 2.45) is 4.99 Å². The summed E-state index contributed by atoms with van der Waals surface area (Å²) in [5.74, 6) is 2.22. The molecule has 1 aromatic carbocycles. The minimum Gasteiger partial charge on any atom is -0.493 e. The van der Waals surface area contributed by atoms with E-state index < -0.39 is 0 Å². The Hall–Kier alpha value is -0.700. The Balaban J connectivity index is 0.00000441. The Bertz CT molecular complexity index is 484. The van der Waals surface area contributed by atoms with Gasteiger partial charge in [-0.3, -0.25) is 0 Å². The standard InChI is InChI=1S/C15H24BrN3O2.HI/c1-5-7-18-15(17-6-2)19-10-11-8-12(16)14(21-4)13(9-11)20-3;/h8-9H,5-7,10H2,1-4H3,(H2,17,18,19);1H. The van der Waals surface area contributed by atoms with E-state index >= 15 is 0 Å². The van der Waals surface area contributed by atoms with Gasteiger partial charge in [0, 0.05) is 13.1 Å². The number of nitrogens with one attached hydrogen (secondary N) is 2. The third kappa shape index (κ3) is 6.60. The molecule has 0 fully saturated rings. The predicted molar refractivity (Wildman–Crippen MR) is 106 cm³/mol. The summed E-state index contributed by atoms with van der Waals surface area (Å²) >= 11 is 3.49. The first-order chi connectivity index (χ1) is 10.2. The molecule has 0 aliphatic heterocycles. The summed E-state index contributed by atoms with van der Waals surface area (Å²) in [6.07, 6.45) is 1.06. The van der Waals surface area contributed by atoms with Crippen LogP contribution in [-0.4, -0.2) is 33.3 Å². The second-order valence-corrected chi connectivity index (χ2v) is 5.29. The van der Waals surface area contributed by atoms with E-state index in [1.165, 1.54) is 0 Å². The molecule has 126 valence electrons. The van der Waals surface area contributed by atoms with Crippen molar-refractivity contribution < 1.29 is 9.47 Å². The molecular formula is C15H25BrIN3O2. The number of hydrogen-bond donors (Lipinski definition) is 2. The number of ether oxygens (including phenoxy) is 2. The van der Waals surface area contributed by atoms with E-state index in [1.807, 2.05) is 12.1 Å². The monoisotopic (exact) mass is 485 g/mol. The molecule has 0 saturated carbocycles. The molecule has 0 radical (unpaired) electrons. The first-order valence-electron chi connectivity index (χ1n) is 7.08. The van der Waals surface area contributed by atoms with Crippen LogP contribution < -0.4 is 20.1 Å². The smallest absolute Gasteiger partial charge is 0.191 e. The minimum absolute atomic E-state index is 0. The third-order valence-corrected chi connectivity index (χ3v) is 3.39. The van der Waals surface area contributed by atoms with Crippen LogP contribution in [0.1, 0.15) is 25.8 Å². The molecule has 0 amide bonds. The molecule has 0 atom stereocenters. The van der Waals surface area contributed by atoms with Crippen molar-refractivity contribution in [2.75, 3.05) is 27.3 Å². The summed E-state index contributed by atoms with van der Waals surface area (Å²) in [5.41, 5.74) is 1.05. The lowest BCUT2D eigenvalue weighted by Crippen LogP contribution is -2.37. The van der Waals surface area contributed by atoms with Gasteiger partial charge < -0.3 is 20.1 Å². The van der Waals surface area contributed by atoms with Gasteiger partial charge in [-0.15, -0.1) is 24.0 Å². The molecule has 7 heteroatoms. The highest BCUT2D eigenvalue weighted by Gasteiger charge is 2.10. The van der Waals surface area contributed by atoms with Gasteiger partial charge in [-0.2, -0.15) is 0 Å². The molecule has 1 rings (SSSR count). The van der Waals surface area contributed by atoms with Gasteiger partial charge in [0.2, 0.25) is 0 Å². The molecule has 0 unspecified atom stereocenters. The van der Waals surface area contributed by atoms with Gasteiger partial charge in [0.15, 0.2) is 17.5 Å². The lowest BCUT2D eigenvalue weighted by molar-refractivity contribution is 0.352. The summed E-state index contributed by atoms with van der Waals surface area (Å²) in [4.78, 5) is 4.57. The highest BCUT2D eigenvalue weighted by atomic mass is 127. The number of rotatable bonds is 7. The molecular weight excluding hydrogens is 461 g/mol. The lowest BCUT2D eigenvalue weighted by Gasteiger charge is -2.12. The van der Waals surface area contributed by atoms with Crippen molar-refractivity contribution in [1.29, 1.82) is 0 Å². The lowest BCUT2D eigenvalue weighted by atomic mass is 10.2. The first kappa shape index (κ1) is 21.3. The van der Waals surface area contributed by atoms with Crippen molar-refractivity contribution in [3.05, 3.63) is 22.2 Å². The van der Waals surface area contributed by atoms with Crippen LogP contribution in [0.5, 0.6) is 11.5 Å². The van der Waals surface area contributed by atoms with E-state index in [0.29, 0.717) is 18.0 Å². The fourth-order valence-electron chi connectivity index (χ4n) is 1.82. The Morgan fingerprint density at radius 3 is 2.45 bits per heavy atom. The van der Waals surface area contributed by atoms with Crippen LogP contribution in [0.3, 0.4) is 0 Å². The van der Waals surface area contributed by atoms with Gasteiger partial charge in [-0.25, -0.2) is 4.99 Å². The highest BCUT2D eigenvalue weighted by Crippen LogP contribution is 2.36. The van der Waals surface area contributed by atoms with Crippen LogP contribution in [0.15, 0.2) is 21.6 Å². The number of hydrogen-bond acceptors (Lipinski definition) is 3. The van der Waals surface area contributed by atoms with Gasteiger partial charge >= 0.3 is 0 Å². The molecule has 22 heavy (non-hydrogen) atoms. The van der Waals surface area contributed by atoms with Crippen molar-refractivity contribution in [2.45, 2.75) is 26.8 Å². The fourth-order valence-corrected chi connectivity index (χ4v) is 2.47. The maximum absolute atomic E-state index is 5.34. The molecule has 0 aliphatic rings. The summed E-state index contributed by atoms with van der Waals surface area (Å²) in [6.45, 7) is 6.49. The second kappa shape index (κ2) is 11.8. The molecule has 1 aromatic rings. The Morgan fingerprint density at radius 2 is 1.91 bits per heavy atom. The molecule has 0 spiro atoms. The zero-order chi connectivity index (χ0) is 15.7. The number of guanidine groups is 1. The van der Waals surface area contributed by atoms with Gasteiger partial charge in [-0.1, -0.05) is 6.92 Å². The average Bonchev–Trinajstić information content (AvgIpc) is 2.49. The normalized spacial score (nSPS) is 10.7.